The first-order valence-electron chi connectivity index (χ1n) is 12.9. The van der Waals surface area contributed by atoms with Crippen LogP contribution in [0.15, 0.2) is 54.6 Å². The van der Waals surface area contributed by atoms with Crippen LogP contribution in [0.4, 0.5) is 14.6 Å². The molecule has 0 spiro atoms. The molecule has 8 nitrogen and oxygen atoms in total. The van der Waals surface area contributed by atoms with Gasteiger partial charge in [0.05, 0.1) is 5.69 Å². The number of H-pyrrole nitrogens is 1. The van der Waals surface area contributed by atoms with Crippen molar-refractivity contribution in [3.05, 3.63) is 83.1 Å². The smallest absolute Gasteiger partial charge is 0.254 e. The van der Waals surface area contributed by atoms with Gasteiger partial charge < -0.3 is 20.6 Å². The minimum absolute atomic E-state index is 0.246. The number of rotatable bonds is 8. The fraction of sp³-hybridized carbons (Fsp3) is 0.393. The van der Waals surface area contributed by atoms with Crippen LogP contribution >= 0.6 is 0 Å². The van der Waals surface area contributed by atoms with Gasteiger partial charge in [0.25, 0.3) is 5.91 Å². The molecule has 2 aromatic carbocycles. The largest absolute Gasteiger partial charge is 0.378 e. The topological polar surface area (TPSA) is 110 Å². The number of aromatic nitrogens is 2. The van der Waals surface area contributed by atoms with E-state index in [9.17, 15) is 23.5 Å². The lowest BCUT2D eigenvalue weighted by atomic mass is 9.70. The number of benzene rings is 2. The average molecular weight is 524 g/mol. The maximum atomic E-state index is 13.5. The van der Waals surface area contributed by atoms with Gasteiger partial charge in [-0.15, -0.1) is 0 Å². The number of nitrogens with one attached hydrogen (secondary N) is 3. The van der Waals surface area contributed by atoms with Gasteiger partial charge in [-0.1, -0.05) is 30.3 Å². The molecular weight excluding hydrogens is 492 g/mol. The molecule has 0 unspecified atom stereocenters. The highest BCUT2D eigenvalue weighted by Gasteiger charge is 2.42. The SMILES string of the molecule is C[C@H](NC(=O)[C@@H](O)c1cc(F)cc(F)c1)C(=O)Nc1cc(C2(c3ccccc3)CCN(C3CC3)CC2)n[nH]1. The zero-order valence-corrected chi connectivity index (χ0v) is 21.1. The Hall–Kier alpha value is -3.63. The number of likely N-dealkylation sites (tertiary alicyclic amines) is 1. The molecule has 1 aliphatic heterocycles. The second kappa shape index (κ2) is 10.6. The molecule has 38 heavy (non-hydrogen) atoms. The molecule has 5 rings (SSSR count). The molecule has 2 amide bonds. The summed E-state index contributed by atoms with van der Waals surface area (Å²) in [4.78, 5) is 27.8. The first-order valence-corrected chi connectivity index (χ1v) is 12.9. The third kappa shape index (κ3) is 5.46. The van der Waals surface area contributed by atoms with Gasteiger partial charge in [0, 0.05) is 23.6 Å². The summed E-state index contributed by atoms with van der Waals surface area (Å²) in [5, 5.41) is 22.8. The van der Waals surface area contributed by atoms with Crippen molar-refractivity contribution in [3.63, 3.8) is 0 Å². The van der Waals surface area contributed by atoms with E-state index in [2.05, 4.69) is 37.9 Å². The minimum atomic E-state index is -1.83. The van der Waals surface area contributed by atoms with Crippen molar-refractivity contribution in [2.45, 2.75) is 56.2 Å². The Kier molecular flexibility index (Phi) is 7.27. The molecule has 1 aromatic heterocycles. The summed E-state index contributed by atoms with van der Waals surface area (Å²) in [6.07, 6.45) is 2.53. The van der Waals surface area contributed by atoms with Gasteiger partial charge in [0.1, 0.15) is 23.5 Å². The third-order valence-electron chi connectivity index (χ3n) is 7.57. The van der Waals surface area contributed by atoms with E-state index in [0.717, 1.165) is 43.8 Å². The van der Waals surface area contributed by atoms with Gasteiger partial charge in [-0.2, -0.15) is 5.10 Å². The fourth-order valence-corrected chi connectivity index (χ4v) is 5.27. The summed E-state index contributed by atoms with van der Waals surface area (Å²) in [5.74, 6) is -2.94. The quantitative estimate of drug-likeness (QED) is 0.362. The van der Waals surface area contributed by atoms with Crippen molar-refractivity contribution < 1.29 is 23.5 Å². The second-order valence-corrected chi connectivity index (χ2v) is 10.2. The van der Waals surface area contributed by atoms with Crippen LogP contribution in [0.3, 0.4) is 0 Å². The van der Waals surface area contributed by atoms with Crippen molar-refractivity contribution in [3.8, 4) is 0 Å². The van der Waals surface area contributed by atoms with Gasteiger partial charge in [-0.25, -0.2) is 8.78 Å². The zero-order valence-electron chi connectivity index (χ0n) is 21.1. The monoisotopic (exact) mass is 523 g/mol. The highest BCUT2D eigenvalue weighted by molar-refractivity contribution is 5.97. The highest BCUT2D eigenvalue weighted by atomic mass is 19.1. The number of carbonyl (C=O) groups is 2. The minimum Gasteiger partial charge on any atom is -0.378 e. The molecule has 2 atom stereocenters. The zero-order chi connectivity index (χ0) is 26.9. The normalized spacial score (nSPS) is 18.9. The number of aliphatic hydroxyl groups is 1. The standard InChI is InChI=1S/C28H31F2N5O3/c1-17(31-27(38)25(36)18-13-20(29)15-21(30)14-18)26(37)32-24-16-23(33-34-24)28(19-5-3-2-4-6-19)9-11-35(12-10-28)22-7-8-22/h2-6,13-17,22,25,36H,7-12H2,1H3,(H,31,38)(H2,32,33,34,37)/t17-,25-/m0/s1. The number of anilines is 1. The maximum absolute atomic E-state index is 13.5. The molecule has 10 heteroatoms. The molecule has 200 valence electrons. The van der Waals surface area contributed by atoms with E-state index in [4.69, 9.17) is 0 Å². The molecule has 2 aliphatic rings. The molecule has 3 aromatic rings. The van der Waals surface area contributed by atoms with E-state index >= 15 is 0 Å². The molecule has 2 fully saturated rings. The fourth-order valence-electron chi connectivity index (χ4n) is 5.27. The second-order valence-electron chi connectivity index (χ2n) is 10.2. The molecule has 1 saturated heterocycles. The van der Waals surface area contributed by atoms with Crippen LogP contribution in [0.5, 0.6) is 0 Å². The number of carbonyl (C=O) groups excluding carboxylic acids is 2. The summed E-state index contributed by atoms with van der Waals surface area (Å²) in [6.45, 7) is 3.41. The first kappa shape index (κ1) is 26.0. The van der Waals surface area contributed by atoms with Gasteiger partial charge in [0.15, 0.2) is 6.10 Å². The Balaban J connectivity index is 1.25. The number of piperidine rings is 1. The van der Waals surface area contributed by atoms with Crippen LogP contribution in [0.1, 0.15) is 55.5 Å². The summed E-state index contributed by atoms with van der Waals surface area (Å²) >= 11 is 0. The Morgan fingerprint density at radius 3 is 2.34 bits per heavy atom. The van der Waals surface area contributed by atoms with Crippen LogP contribution in [-0.2, 0) is 15.0 Å². The summed E-state index contributed by atoms with van der Waals surface area (Å²) < 4.78 is 26.9. The number of halogens is 2. The van der Waals surface area contributed by atoms with Crippen LogP contribution < -0.4 is 10.6 Å². The van der Waals surface area contributed by atoms with Gasteiger partial charge in [0.2, 0.25) is 5.91 Å². The van der Waals surface area contributed by atoms with E-state index in [1.165, 1.54) is 25.3 Å². The van der Waals surface area contributed by atoms with Crippen molar-refractivity contribution >= 4 is 17.6 Å². The van der Waals surface area contributed by atoms with Crippen LogP contribution in [-0.4, -0.2) is 57.2 Å². The Labute approximate surface area is 219 Å². The third-order valence-corrected chi connectivity index (χ3v) is 7.57. The molecule has 4 N–H and O–H groups in total. The highest BCUT2D eigenvalue weighted by Crippen LogP contribution is 2.43. The summed E-state index contributed by atoms with van der Waals surface area (Å²) in [5.41, 5.74) is 1.50. The maximum Gasteiger partial charge on any atom is 0.254 e. The van der Waals surface area contributed by atoms with Crippen molar-refractivity contribution in [2.24, 2.45) is 0 Å². The van der Waals surface area contributed by atoms with Gasteiger partial charge in [-0.3, -0.25) is 14.7 Å². The number of nitrogens with zero attached hydrogens (tertiary/aromatic N) is 2. The van der Waals surface area contributed by atoms with Crippen molar-refractivity contribution in [1.82, 2.24) is 20.4 Å². The van der Waals surface area contributed by atoms with Crippen molar-refractivity contribution in [1.29, 1.82) is 0 Å². The lowest BCUT2D eigenvalue weighted by Crippen LogP contribution is -2.44. The average Bonchev–Trinajstić information content (AvgIpc) is 3.66. The van der Waals surface area contributed by atoms with Crippen LogP contribution in [0.2, 0.25) is 0 Å². The van der Waals surface area contributed by atoms with Crippen LogP contribution in [0.25, 0.3) is 0 Å². The van der Waals surface area contributed by atoms with E-state index in [-0.39, 0.29) is 11.0 Å². The number of hydrogen-bond donors (Lipinski definition) is 4. The molecule has 0 radical (unpaired) electrons. The van der Waals surface area contributed by atoms with Crippen molar-refractivity contribution in [2.75, 3.05) is 18.4 Å². The molecular formula is C28H31F2N5O3. The van der Waals surface area contributed by atoms with Gasteiger partial charge >= 0.3 is 0 Å². The number of hydrogen-bond acceptors (Lipinski definition) is 5. The predicted molar refractivity (Wildman–Crippen MR) is 137 cm³/mol. The Morgan fingerprint density at radius 2 is 1.71 bits per heavy atom. The van der Waals surface area contributed by atoms with Gasteiger partial charge in [-0.05, 0) is 69.0 Å². The van der Waals surface area contributed by atoms with E-state index in [0.29, 0.717) is 17.9 Å². The Bertz CT molecular complexity index is 1280. The first-order chi connectivity index (χ1) is 18.2. The molecule has 1 saturated carbocycles. The van der Waals surface area contributed by atoms with E-state index in [1.54, 1.807) is 0 Å². The number of aliphatic hydroxyl groups excluding tert-OH is 1. The molecule has 1 aliphatic carbocycles. The van der Waals surface area contributed by atoms with Crippen LogP contribution in [0, 0.1) is 11.6 Å². The summed E-state index contributed by atoms with van der Waals surface area (Å²) in [7, 11) is 0. The van der Waals surface area contributed by atoms with E-state index in [1.807, 2.05) is 24.3 Å². The summed E-state index contributed by atoms with van der Waals surface area (Å²) in [6, 6.07) is 14.1. The van der Waals surface area contributed by atoms with E-state index < -0.39 is 35.6 Å². The number of amides is 2. The molecule has 2 heterocycles. The molecule has 0 bridgehead atoms. The lowest BCUT2D eigenvalue weighted by molar-refractivity contribution is -0.132. The lowest BCUT2D eigenvalue weighted by Gasteiger charge is -2.41. The predicted octanol–water partition coefficient (Wildman–Crippen LogP) is 3.41. The Morgan fingerprint density at radius 1 is 1.05 bits per heavy atom. The number of aromatic amines is 1.